The van der Waals surface area contributed by atoms with E-state index in [1.165, 1.54) is 12.8 Å². The number of hydrogen-bond donors (Lipinski definition) is 1. The maximum Gasteiger partial charge on any atom is 0.156 e. The highest BCUT2D eigenvalue weighted by Crippen LogP contribution is 2.16. The zero-order chi connectivity index (χ0) is 13.6. The molecular formula is C13H27NO3S. The van der Waals surface area contributed by atoms with Gasteiger partial charge in [0.2, 0.25) is 0 Å². The van der Waals surface area contributed by atoms with Gasteiger partial charge in [0.15, 0.2) is 9.84 Å². The van der Waals surface area contributed by atoms with Crippen molar-refractivity contribution in [1.82, 2.24) is 5.32 Å². The van der Waals surface area contributed by atoms with E-state index < -0.39 is 14.6 Å². The third-order valence-electron chi connectivity index (χ3n) is 3.40. The summed E-state index contributed by atoms with van der Waals surface area (Å²) in [6, 6.07) is 0. The van der Waals surface area contributed by atoms with Gasteiger partial charge >= 0.3 is 0 Å². The van der Waals surface area contributed by atoms with Gasteiger partial charge in [0.25, 0.3) is 0 Å². The molecule has 1 unspecified atom stereocenters. The summed E-state index contributed by atoms with van der Waals surface area (Å²) < 4.78 is 28.7. The van der Waals surface area contributed by atoms with Crippen LogP contribution < -0.4 is 5.32 Å². The molecule has 1 saturated heterocycles. The molecule has 108 valence electrons. The lowest BCUT2D eigenvalue weighted by atomic mass is 10.1. The summed E-state index contributed by atoms with van der Waals surface area (Å²) in [4.78, 5) is 0. The molecule has 1 atom stereocenters. The number of ether oxygens (including phenoxy) is 1. The molecule has 1 heterocycles. The highest BCUT2D eigenvalue weighted by atomic mass is 32.2. The molecule has 1 rings (SSSR count). The normalized spacial score (nSPS) is 22.1. The van der Waals surface area contributed by atoms with E-state index in [2.05, 4.69) is 5.32 Å². The van der Waals surface area contributed by atoms with Crippen molar-refractivity contribution < 1.29 is 13.2 Å². The monoisotopic (exact) mass is 277 g/mol. The fraction of sp³-hybridized carbons (Fsp3) is 1.00. The standard InChI is InChI=1S/C13H27NO3S/c1-13(2,3)18(15,16)11-9-14-8-7-12-6-4-5-10-17-12/h12,14H,4-11H2,1-3H3. The zero-order valence-electron chi connectivity index (χ0n) is 11.9. The SMILES string of the molecule is CC(C)(C)S(=O)(=O)CCNCCC1CCCCO1. The van der Waals surface area contributed by atoms with Crippen molar-refractivity contribution >= 4 is 9.84 Å². The molecule has 0 saturated carbocycles. The molecule has 0 aliphatic carbocycles. The van der Waals surface area contributed by atoms with Gasteiger partial charge in [0.05, 0.1) is 16.6 Å². The van der Waals surface area contributed by atoms with Crippen molar-refractivity contribution in [3.05, 3.63) is 0 Å². The molecule has 5 heteroatoms. The van der Waals surface area contributed by atoms with Crippen molar-refractivity contribution in [3.8, 4) is 0 Å². The van der Waals surface area contributed by atoms with Crippen LogP contribution in [0, 0.1) is 0 Å². The second-order valence-electron chi connectivity index (χ2n) is 5.96. The average Bonchev–Trinajstić information content (AvgIpc) is 2.28. The fourth-order valence-corrected chi connectivity index (χ4v) is 2.96. The van der Waals surface area contributed by atoms with Gasteiger partial charge in [-0.25, -0.2) is 8.42 Å². The molecule has 18 heavy (non-hydrogen) atoms. The van der Waals surface area contributed by atoms with Crippen molar-refractivity contribution in [2.45, 2.75) is 57.3 Å². The summed E-state index contributed by atoms with van der Waals surface area (Å²) in [6.45, 7) is 7.49. The minimum atomic E-state index is -3.00. The highest BCUT2D eigenvalue weighted by molar-refractivity contribution is 7.92. The molecule has 1 fully saturated rings. The van der Waals surface area contributed by atoms with Gasteiger partial charge in [-0.1, -0.05) is 0 Å². The molecule has 0 radical (unpaired) electrons. The molecule has 0 aromatic rings. The second kappa shape index (κ2) is 6.87. The molecule has 0 amide bonds. The van der Waals surface area contributed by atoms with E-state index in [0.717, 1.165) is 26.0 Å². The molecule has 4 nitrogen and oxygen atoms in total. The highest BCUT2D eigenvalue weighted by Gasteiger charge is 2.28. The van der Waals surface area contributed by atoms with Gasteiger partial charge in [0.1, 0.15) is 0 Å². The van der Waals surface area contributed by atoms with Crippen molar-refractivity contribution in [1.29, 1.82) is 0 Å². The van der Waals surface area contributed by atoms with Crippen LogP contribution in [0.4, 0.5) is 0 Å². The lowest BCUT2D eigenvalue weighted by Gasteiger charge is -2.23. The van der Waals surface area contributed by atoms with Crippen LogP contribution >= 0.6 is 0 Å². The topological polar surface area (TPSA) is 55.4 Å². The third kappa shape index (κ3) is 5.24. The second-order valence-corrected chi connectivity index (χ2v) is 8.82. The van der Waals surface area contributed by atoms with Crippen LogP contribution in [0.25, 0.3) is 0 Å². The van der Waals surface area contributed by atoms with Gasteiger partial charge in [-0.2, -0.15) is 0 Å². The largest absolute Gasteiger partial charge is 0.378 e. The van der Waals surface area contributed by atoms with Crippen LogP contribution in [0.5, 0.6) is 0 Å². The summed E-state index contributed by atoms with van der Waals surface area (Å²) in [7, 11) is -3.00. The molecule has 0 aromatic heterocycles. The Morgan fingerprint density at radius 2 is 1.94 bits per heavy atom. The first-order valence-corrected chi connectivity index (χ1v) is 8.53. The van der Waals surface area contributed by atoms with Crippen molar-refractivity contribution in [2.24, 2.45) is 0 Å². The molecule has 0 aromatic carbocycles. The Bertz CT molecular complexity index is 327. The van der Waals surface area contributed by atoms with Gasteiger partial charge in [-0.3, -0.25) is 0 Å². The van der Waals surface area contributed by atoms with E-state index in [1.54, 1.807) is 20.8 Å². The van der Waals surface area contributed by atoms with E-state index in [0.29, 0.717) is 12.6 Å². The summed E-state index contributed by atoms with van der Waals surface area (Å²) in [6.07, 6.45) is 4.92. The van der Waals surface area contributed by atoms with Crippen LogP contribution in [0.15, 0.2) is 0 Å². The Kier molecular flexibility index (Phi) is 6.08. The lowest BCUT2D eigenvalue weighted by Crippen LogP contribution is -2.35. The van der Waals surface area contributed by atoms with E-state index in [9.17, 15) is 8.42 Å². The van der Waals surface area contributed by atoms with Crippen LogP contribution in [0.1, 0.15) is 46.5 Å². The molecule has 1 aliphatic heterocycles. The van der Waals surface area contributed by atoms with Crippen LogP contribution in [0.3, 0.4) is 0 Å². The van der Waals surface area contributed by atoms with E-state index in [1.807, 2.05) is 0 Å². The predicted molar refractivity (Wildman–Crippen MR) is 74.6 cm³/mol. The number of rotatable bonds is 6. The van der Waals surface area contributed by atoms with Crippen LogP contribution in [0.2, 0.25) is 0 Å². The Hall–Kier alpha value is -0.130. The molecule has 1 N–H and O–H groups in total. The number of hydrogen-bond acceptors (Lipinski definition) is 4. The van der Waals surface area contributed by atoms with Crippen LogP contribution in [-0.2, 0) is 14.6 Å². The van der Waals surface area contributed by atoms with Gasteiger partial charge in [-0.05, 0) is 53.0 Å². The van der Waals surface area contributed by atoms with Gasteiger partial charge < -0.3 is 10.1 Å². The first-order chi connectivity index (χ1) is 8.33. The Balaban J connectivity index is 2.11. The van der Waals surface area contributed by atoms with Gasteiger partial charge in [-0.15, -0.1) is 0 Å². The van der Waals surface area contributed by atoms with E-state index in [-0.39, 0.29) is 5.75 Å². The quantitative estimate of drug-likeness (QED) is 0.752. The third-order valence-corrected chi connectivity index (χ3v) is 6.01. The first-order valence-electron chi connectivity index (χ1n) is 6.87. The van der Waals surface area contributed by atoms with Crippen LogP contribution in [-0.4, -0.2) is 44.7 Å². The number of nitrogens with one attached hydrogen (secondary N) is 1. The summed E-state index contributed by atoms with van der Waals surface area (Å²) in [5.74, 6) is 0.210. The summed E-state index contributed by atoms with van der Waals surface area (Å²) >= 11 is 0. The first kappa shape index (κ1) is 15.9. The molecule has 0 bridgehead atoms. The molecule has 1 aliphatic rings. The minimum Gasteiger partial charge on any atom is -0.378 e. The molecular weight excluding hydrogens is 250 g/mol. The molecule has 0 spiro atoms. The van der Waals surface area contributed by atoms with Crippen molar-refractivity contribution in [2.75, 3.05) is 25.4 Å². The minimum absolute atomic E-state index is 0.210. The lowest BCUT2D eigenvalue weighted by molar-refractivity contribution is 0.0116. The van der Waals surface area contributed by atoms with Crippen molar-refractivity contribution in [3.63, 3.8) is 0 Å². The number of sulfone groups is 1. The smallest absolute Gasteiger partial charge is 0.156 e. The zero-order valence-corrected chi connectivity index (χ0v) is 12.7. The Morgan fingerprint density at radius 3 is 2.50 bits per heavy atom. The summed E-state index contributed by atoms with van der Waals surface area (Å²) in [5, 5.41) is 3.20. The Morgan fingerprint density at radius 1 is 1.22 bits per heavy atom. The predicted octanol–water partition coefficient (Wildman–Crippen LogP) is 1.75. The Labute approximate surface area is 111 Å². The maximum absolute atomic E-state index is 11.9. The summed E-state index contributed by atoms with van der Waals surface area (Å²) in [5.41, 5.74) is 0. The van der Waals surface area contributed by atoms with E-state index in [4.69, 9.17) is 4.74 Å². The van der Waals surface area contributed by atoms with E-state index >= 15 is 0 Å². The average molecular weight is 277 g/mol. The van der Waals surface area contributed by atoms with Gasteiger partial charge in [0, 0.05) is 13.2 Å². The fourth-order valence-electron chi connectivity index (χ4n) is 1.94. The maximum atomic E-state index is 11.9.